The minimum Gasteiger partial charge on any atom is -0.492 e. The molecule has 0 saturated heterocycles. The Morgan fingerprint density at radius 3 is 2.89 bits per heavy atom. The number of ether oxygens (including phenoxy) is 1. The molecule has 0 aromatic heterocycles. The molecule has 0 aliphatic heterocycles. The Balaban J connectivity index is 1.92. The first-order chi connectivity index (χ1) is 9.11. The second-order valence-corrected chi connectivity index (χ2v) is 4.80. The van der Waals surface area contributed by atoms with Crippen LogP contribution in [0.1, 0.15) is 30.1 Å². The molecule has 1 unspecified atom stereocenters. The fraction of sp³-hybridized carbons (Fsp3) is 0.500. The Kier molecular flexibility index (Phi) is 4.27. The lowest BCUT2D eigenvalue weighted by Gasteiger charge is -2.12. The standard InChI is InChI=1S/C14H20N2O3/c1-2-19-13-6-5-10(7-11(13)15)14(18)16-8-12(17)9-3-4-9/h5-7,9,12,17H,2-4,8,15H2,1H3,(H,16,18). The predicted octanol–water partition coefficient (Wildman–Crippen LogP) is 1.17. The normalized spacial score (nSPS) is 15.9. The number of nitrogens with two attached hydrogens (primary N) is 1. The quantitative estimate of drug-likeness (QED) is 0.673. The van der Waals surface area contributed by atoms with Crippen molar-refractivity contribution in [3.63, 3.8) is 0 Å². The first-order valence-corrected chi connectivity index (χ1v) is 6.60. The van der Waals surface area contributed by atoms with E-state index in [1.54, 1.807) is 18.2 Å². The Hall–Kier alpha value is -1.75. The second kappa shape index (κ2) is 5.93. The molecule has 2 rings (SSSR count). The minimum atomic E-state index is -0.441. The number of aliphatic hydroxyl groups is 1. The van der Waals surface area contributed by atoms with E-state index in [1.807, 2.05) is 6.92 Å². The van der Waals surface area contributed by atoms with Gasteiger partial charge in [0.15, 0.2) is 0 Å². The number of nitrogens with one attached hydrogen (secondary N) is 1. The highest BCUT2D eigenvalue weighted by atomic mass is 16.5. The third-order valence-electron chi connectivity index (χ3n) is 3.21. The third kappa shape index (κ3) is 3.61. The molecule has 1 aromatic carbocycles. The van der Waals surface area contributed by atoms with Crippen LogP contribution in [0.15, 0.2) is 18.2 Å². The number of benzene rings is 1. The highest BCUT2D eigenvalue weighted by Gasteiger charge is 2.29. The first kappa shape index (κ1) is 13.7. The van der Waals surface area contributed by atoms with E-state index >= 15 is 0 Å². The van der Waals surface area contributed by atoms with Gasteiger partial charge in [-0.1, -0.05) is 0 Å². The Bertz CT molecular complexity index is 458. The van der Waals surface area contributed by atoms with Crippen molar-refractivity contribution >= 4 is 11.6 Å². The number of hydrogen-bond acceptors (Lipinski definition) is 4. The van der Waals surface area contributed by atoms with E-state index in [-0.39, 0.29) is 12.5 Å². The van der Waals surface area contributed by atoms with Gasteiger partial charge in [-0.15, -0.1) is 0 Å². The van der Waals surface area contributed by atoms with Gasteiger partial charge in [-0.25, -0.2) is 0 Å². The number of carbonyl (C=O) groups is 1. The fourth-order valence-electron chi connectivity index (χ4n) is 1.92. The van der Waals surface area contributed by atoms with Crippen LogP contribution in [-0.4, -0.2) is 30.3 Å². The third-order valence-corrected chi connectivity index (χ3v) is 3.21. The van der Waals surface area contributed by atoms with Crippen molar-refractivity contribution in [2.75, 3.05) is 18.9 Å². The molecular weight excluding hydrogens is 244 g/mol. The van der Waals surface area contributed by atoms with Crippen molar-refractivity contribution in [3.05, 3.63) is 23.8 Å². The Morgan fingerprint density at radius 1 is 1.58 bits per heavy atom. The SMILES string of the molecule is CCOc1ccc(C(=O)NCC(O)C2CC2)cc1N. The van der Waals surface area contributed by atoms with Gasteiger partial charge in [0.05, 0.1) is 18.4 Å². The van der Waals surface area contributed by atoms with Crippen molar-refractivity contribution in [2.45, 2.75) is 25.9 Å². The van der Waals surface area contributed by atoms with Gasteiger partial charge in [0.2, 0.25) is 0 Å². The smallest absolute Gasteiger partial charge is 0.251 e. The highest BCUT2D eigenvalue weighted by molar-refractivity contribution is 5.95. The first-order valence-electron chi connectivity index (χ1n) is 6.60. The number of anilines is 1. The zero-order chi connectivity index (χ0) is 13.8. The van der Waals surface area contributed by atoms with Crippen LogP contribution in [0.4, 0.5) is 5.69 Å². The summed E-state index contributed by atoms with van der Waals surface area (Å²) in [5, 5.41) is 12.4. The van der Waals surface area contributed by atoms with Crippen LogP contribution in [0.2, 0.25) is 0 Å². The van der Waals surface area contributed by atoms with Gasteiger partial charge in [-0.2, -0.15) is 0 Å². The molecule has 104 valence electrons. The van der Waals surface area contributed by atoms with Gasteiger partial charge in [0.1, 0.15) is 5.75 Å². The van der Waals surface area contributed by atoms with Gasteiger partial charge in [-0.05, 0) is 43.9 Å². The molecule has 0 heterocycles. The summed E-state index contributed by atoms with van der Waals surface area (Å²) >= 11 is 0. The topological polar surface area (TPSA) is 84.6 Å². The van der Waals surface area contributed by atoms with Gasteiger partial charge >= 0.3 is 0 Å². The molecule has 5 nitrogen and oxygen atoms in total. The van der Waals surface area contributed by atoms with E-state index in [0.29, 0.717) is 29.5 Å². The monoisotopic (exact) mass is 264 g/mol. The molecule has 1 fully saturated rings. The predicted molar refractivity (Wildman–Crippen MR) is 73.1 cm³/mol. The Labute approximate surface area is 112 Å². The van der Waals surface area contributed by atoms with Crippen LogP contribution >= 0.6 is 0 Å². The molecule has 5 heteroatoms. The molecule has 1 amide bonds. The summed E-state index contributed by atoms with van der Waals surface area (Å²) in [6.45, 7) is 2.69. The van der Waals surface area contributed by atoms with Crippen molar-refractivity contribution in [3.8, 4) is 5.75 Å². The lowest BCUT2D eigenvalue weighted by atomic mass is 10.1. The average molecular weight is 264 g/mol. The van der Waals surface area contributed by atoms with E-state index in [4.69, 9.17) is 10.5 Å². The van der Waals surface area contributed by atoms with Crippen LogP contribution in [0.3, 0.4) is 0 Å². The number of rotatable bonds is 6. The molecule has 1 atom stereocenters. The molecule has 0 spiro atoms. The average Bonchev–Trinajstić information content (AvgIpc) is 3.22. The molecule has 19 heavy (non-hydrogen) atoms. The largest absolute Gasteiger partial charge is 0.492 e. The summed E-state index contributed by atoms with van der Waals surface area (Å²) in [5.74, 6) is 0.706. The molecular formula is C14H20N2O3. The number of aliphatic hydroxyl groups excluding tert-OH is 1. The van der Waals surface area contributed by atoms with E-state index in [2.05, 4.69) is 5.32 Å². The van der Waals surface area contributed by atoms with Crippen molar-refractivity contribution < 1.29 is 14.6 Å². The minimum absolute atomic E-state index is 0.227. The lowest BCUT2D eigenvalue weighted by molar-refractivity contribution is 0.0901. The molecule has 0 radical (unpaired) electrons. The molecule has 4 N–H and O–H groups in total. The molecule has 1 aliphatic carbocycles. The van der Waals surface area contributed by atoms with Gasteiger partial charge in [0.25, 0.3) is 5.91 Å². The summed E-state index contributed by atoms with van der Waals surface area (Å²) in [5.41, 5.74) is 6.72. The zero-order valence-electron chi connectivity index (χ0n) is 11.1. The Morgan fingerprint density at radius 2 is 2.32 bits per heavy atom. The highest BCUT2D eigenvalue weighted by Crippen LogP contribution is 2.32. The fourth-order valence-corrected chi connectivity index (χ4v) is 1.92. The summed E-state index contributed by atoms with van der Waals surface area (Å²) in [6.07, 6.45) is 1.66. The van der Waals surface area contributed by atoms with Crippen LogP contribution in [-0.2, 0) is 0 Å². The van der Waals surface area contributed by atoms with E-state index in [9.17, 15) is 9.90 Å². The molecule has 0 bridgehead atoms. The van der Waals surface area contributed by atoms with Gasteiger partial charge < -0.3 is 20.9 Å². The van der Waals surface area contributed by atoms with Crippen molar-refractivity contribution in [1.82, 2.24) is 5.32 Å². The number of hydrogen-bond donors (Lipinski definition) is 3. The van der Waals surface area contributed by atoms with Crippen LogP contribution in [0.5, 0.6) is 5.75 Å². The molecule has 1 aromatic rings. The lowest BCUT2D eigenvalue weighted by Crippen LogP contribution is -2.33. The van der Waals surface area contributed by atoms with Crippen molar-refractivity contribution in [1.29, 1.82) is 0 Å². The van der Waals surface area contributed by atoms with E-state index in [0.717, 1.165) is 12.8 Å². The summed E-state index contributed by atoms with van der Waals surface area (Å²) in [7, 11) is 0. The molecule has 1 saturated carbocycles. The maximum atomic E-state index is 11.9. The summed E-state index contributed by atoms with van der Waals surface area (Å²) < 4.78 is 5.31. The van der Waals surface area contributed by atoms with Crippen LogP contribution < -0.4 is 15.8 Å². The molecule has 1 aliphatic rings. The number of carbonyl (C=O) groups excluding carboxylic acids is 1. The maximum Gasteiger partial charge on any atom is 0.251 e. The van der Waals surface area contributed by atoms with E-state index < -0.39 is 6.10 Å². The number of nitrogen functional groups attached to an aromatic ring is 1. The summed E-state index contributed by atoms with van der Waals surface area (Å²) in [4.78, 5) is 11.9. The summed E-state index contributed by atoms with van der Waals surface area (Å²) in [6, 6.07) is 4.94. The zero-order valence-corrected chi connectivity index (χ0v) is 11.1. The maximum absolute atomic E-state index is 11.9. The second-order valence-electron chi connectivity index (χ2n) is 4.80. The van der Waals surface area contributed by atoms with Crippen molar-refractivity contribution in [2.24, 2.45) is 5.92 Å². The van der Waals surface area contributed by atoms with Gasteiger partial charge in [0, 0.05) is 12.1 Å². The van der Waals surface area contributed by atoms with Crippen LogP contribution in [0.25, 0.3) is 0 Å². The van der Waals surface area contributed by atoms with Crippen LogP contribution in [0, 0.1) is 5.92 Å². The van der Waals surface area contributed by atoms with Gasteiger partial charge in [-0.3, -0.25) is 4.79 Å². The number of amides is 1. The van der Waals surface area contributed by atoms with E-state index in [1.165, 1.54) is 0 Å².